The van der Waals surface area contributed by atoms with Crippen molar-refractivity contribution >= 4 is 29.6 Å². The van der Waals surface area contributed by atoms with Crippen LogP contribution in [0.2, 0.25) is 0 Å². The van der Waals surface area contributed by atoms with Gasteiger partial charge in [0.15, 0.2) is 0 Å². The van der Waals surface area contributed by atoms with Crippen LogP contribution in [-0.4, -0.2) is 6.03 Å². The molecule has 0 aliphatic rings. The molecule has 0 bridgehead atoms. The molecule has 0 unspecified atom stereocenters. The van der Waals surface area contributed by atoms with Gasteiger partial charge in [0, 0.05) is 11.4 Å². The largest absolute Gasteiger partial charge is 0.323 e. The Balaban J connectivity index is 1.58. The van der Waals surface area contributed by atoms with Crippen LogP contribution in [0.4, 0.5) is 16.2 Å². The Labute approximate surface area is 141 Å². The van der Waals surface area contributed by atoms with E-state index in [2.05, 4.69) is 28.8 Å². The number of para-hydroxylation sites is 1. The Morgan fingerprint density at radius 1 is 0.583 bits per heavy atom. The number of rotatable bonds is 4. The van der Waals surface area contributed by atoms with Gasteiger partial charge in [0.2, 0.25) is 0 Å². The monoisotopic (exact) mass is 314 g/mol. The number of benzene rings is 3. The Kier molecular flexibility index (Phi) is 5.05. The molecule has 0 atom stereocenters. The van der Waals surface area contributed by atoms with E-state index in [0.717, 1.165) is 22.5 Å². The van der Waals surface area contributed by atoms with Crippen molar-refractivity contribution in [2.45, 2.75) is 0 Å². The molecule has 0 spiro atoms. The first kappa shape index (κ1) is 15.6. The lowest BCUT2D eigenvalue weighted by Crippen LogP contribution is -2.19. The molecule has 24 heavy (non-hydrogen) atoms. The number of amides is 2. The first-order valence-electron chi connectivity index (χ1n) is 7.76. The summed E-state index contributed by atoms with van der Waals surface area (Å²) < 4.78 is 0. The van der Waals surface area contributed by atoms with Crippen molar-refractivity contribution in [3.63, 3.8) is 0 Å². The average molecular weight is 314 g/mol. The van der Waals surface area contributed by atoms with Crippen molar-refractivity contribution in [3.8, 4) is 0 Å². The molecule has 3 heteroatoms. The van der Waals surface area contributed by atoms with Crippen LogP contribution in [-0.2, 0) is 0 Å². The van der Waals surface area contributed by atoms with E-state index in [0.29, 0.717) is 0 Å². The molecule has 3 rings (SSSR count). The van der Waals surface area contributed by atoms with E-state index < -0.39 is 0 Å². The van der Waals surface area contributed by atoms with Gasteiger partial charge in [-0.05, 0) is 35.4 Å². The minimum atomic E-state index is -0.256. The van der Waals surface area contributed by atoms with Gasteiger partial charge >= 0.3 is 6.03 Å². The van der Waals surface area contributed by atoms with Crippen molar-refractivity contribution in [2.24, 2.45) is 0 Å². The third kappa shape index (κ3) is 4.58. The summed E-state index contributed by atoms with van der Waals surface area (Å²) in [6, 6.07) is 26.9. The van der Waals surface area contributed by atoms with Gasteiger partial charge in [-0.2, -0.15) is 0 Å². The number of hydrogen-bond donors (Lipinski definition) is 2. The molecule has 0 saturated heterocycles. The quantitative estimate of drug-likeness (QED) is 0.613. The van der Waals surface area contributed by atoms with Gasteiger partial charge in [-0.25, -0.2) is 4.79 Å². The zero-order chi connectivity index (χ0) is 16.6. The van der Waals surface area contributed by atoms with Gasteiger partial charge in [0.1, 0.15) is 0 Å². The molecule has 0 saturated carbocycles. The topological polar surface area (TPSA) is 41.1 Å². The molecule has 2 N–H and O–H groups in total. The normalized spacial score (nSPS) is 10.5. The summed E-state index contributed by atoms with van der Waals surface area (Å²) in [5.41, 5.74) is 3.74. The lowest BCUT2D eigenvalue weighted by molar-refractivity contribution is 0.262. The smallest absolute Gasteiger partial charge is 0.308 e. The predicted octanol–water partition coefficient (Wildman–Crippen LogP) is 5.50. The maximum Gasteiger partial charge on any atom is 0.323 e. The average Bonchev–Trinajstić information content (AvgIpc) is 2.63. The number of carbonyl (C=O) groups is 1. The Morgan fingerprint density at radius 3 is 1.62 bits per heavy atom. The van der Waals surface area contributed by atoms with Gasteiger partial charge in [0.25, 0.3) is 0 Å². The van der Waals surface area contributed by atoms with E-state index in [9.17, 15) is 4.79 Å². The highest BCUT2D eigenvalue weighted by Crippen LogP contribution is 2.13. The van der Waals surface area contributed by atoms with E-state index in [1.807, 2.05) is 78.9 Å². The Hall–Kier alpha value is -3.33. The van der Waals surface area contributed by atoms with Crippen molar-refractivity contribution in [1.82, 2.24) is 0 Å². The lowest BCUT2D eigenvalue weighted by Gasteiger charge is -2.07. The van der Waals surface area contributed by atoms with Crippen LogP contribution < -0.4 is 10.6 Å². The van der Waals surface area contributed by atoms with Crippen LogP contribution in [0.1, 0.15) is 11.1 Å². The second-order valence-electron chi connectivity index (χ2n) is 5.31. The van der Waals surface area contributed by atoms with E-state index in [-0.39, 0.29) is 6.03 Å². The number of nitrogens with one attached hydrogen (secondary N) is 2. The molecule has 0 fully saturated rings. The van der Waals surface area contributed by atoms with E-state index in [4.69, 9.17) is 0 Å². The molecular weight excluding hydrogens is 296 g/mol. The third-order valence-electron chi connectivity index (χ3n) is 3.47. The van der Waals surface area contributed by atoms with Crippen LogP contribution in [0.25, 0.3) is 12.2 Å². The molecule has 0 aliphatic carbocycles. The standard InChI is InChI=1S/C21H18N2O/c24-21(22-19-9-5-2-6-10-19)23-20-15-13-18(14-16-20)12-11-17-7-3-1-4-8-17/h1-16H,(H2,22,23,24)/b12-11+. The molecule has 0 radical (unpaired) electrons. The molecular formula is C21H18N2O. The lowest BCUT2D eigenvalue weighted by atomic mass is 10.1. The minimum Gasteiger partial charge on any atom is -0.308 e. The number of urea groups is 1. The molecule has 3 aromatic carbocycles. The maximum atomic E-state index is 11.9. The number of hydrogen-bond acceptors (Lipinski definition) is 1. The second kappa shape index (κ2) is 7.79. The highest BCUT2D eigenvalue weighted by molar-refractivity contribution is 5.99. The van der Waals surface area contributed by atoms with E-state index >= 15 is 0 Å². The fourth-order valence-corrected chi connectivity index (χ4v) is 2.25. The van der Waals surface area contributed by atoms with Crippen molar-refractivity contribution in [2.75, 3.05) is 10.6 Å². The number of anilines is 2. The molecule has 118 valence electrons. The molecule has 0 heterocycles. The number of carbonyl (C=O) groups excluding carboxylic acids is 1. The van der Waals surface area contributed by atoms with E-state index in [1.54, 1.807) is 0 Å². The van der Waals surface area contributed by atoms with Crippen LogP contribution in [0.3, 0.4) is 0 Å². The highest BCUT2D eigenvalue weighted by Gasteiger charge is 2.01. The predicted molar refractivity (Wildman–Crippen MR) is 101 cm³/mol. The summed E-state index contributed by atoms with van der Waals surface area (Å²) in [6.45, 7) is 0. The van der Waals surface area contributed by atoms with E-state index in [1.165, 1.54) is 0 Å². The van der Waals surface area contributed by atoms with Gasteiger partial charge < -0.3 is 10.6 Å². The first-order chi connectivity index (χ1) is 11.8. The zero-order valence-corrected chi connectivity index (χ0v) is 13.1. The maximum absolute atomic E-state index is 11.9. The fraction of sp³-hybridized carbons (Fsp3) is 0. The second-order valence-corrected chi connectivity index (χ2v) is 5.31. The Bertz CT molecular complexity index is 809. The molecule has 0 aromatic heterocycles. The van der Waals surface area contributed by atoms with Gasteiger partial charge in [0.05, 0.1) is 0 Å². The zero-order valence-electron chi connectivity index (χ0n) is 13.1. The van der Waals surface area contributed by atoms with Crippen molar-refractivity contribution in [3.05, 3.63) is 96.1 Å². The highest BCUT2D eigenvalue weighted by atomic mass is 16.2. The van der Waals surface area contributed by atoms with Crippen LogP contribution >= 0.6 is 0 Å². The SMILES string of the molecule is O=C(Nc1ccccc1)Nc1ccc(/C=C/c2ccccc2)cc1. The first-order valence-corrected chi connectivity index (χ1v) is 7.76. The molecule has 3 aromatic rings. The molecule has 0 aliphatic heterocycles. The summed E-state index contributed by atoms with van der Waals surface area (Å²) in [6.07, 6.45) is 4.10. The summed E-state index contributed by atoms with van der Waals surface area (Å²) in [5, 5.41) is 5.60. The summed E-state index contributed by atoms with van der Waals surface area (Å²) in [5.74, 6) is 0. The van der Waals surface area contributed by atoms with Gasteiger partial charge in [-0.15, -0.1) is 0 Å². The van der Waals surface area contributed by atoms with Crippen molar-refractivity contribution < 1.29 is 4.79 Å². The minimum absolute atomic E-state index is 0.256. The summed E-state index contributed by atoms with van der Waals surface area (Å²) in [4.78, 5) is 11.9. The van der Waals surface area contributed by atoms with Crippen LogP contribution in [0.5, 0.6) is 0 Å². The summed E-state index contributed by atoms with van der Waals surface area (Å²) in [7, 11) is 0. The molecule has 2 amide bonds. The Morgan fingerprint density at radius 2 is 1.04 bits per heavy atom. The summed E-state index contributed by atoms with van der Waals surface area (Å²) >= 11 is 0. The molecule has 3 nitrogen and oxygen atoms in total. The van der Waals surface area contributed by atoms with Gasteiger partial charge in [-0.3, -0.25) is 0 Å². The van der Waals surface area contributed by atoms with Crippen LogP contribution in [0.15, 0.2) is 84.9 Å². The van der Waals surface area contributed by atoms with Crippen LogP contribution in [0, 0.1) is 0 Å². The third-order valence-corrected chi connectivity index (χ3v) is 3.47. The van der Waals surface area contributed by atoms with Crippen molar-refractivity contribution in [1.29, 1.82) is 0 Å². The fourth-order valence-electron chi connectivity index (χ4n) is 2.25. The van der Waals surface area contributed by atoms with Gasteiger partial charge in [-0.1, -0.05) is 72.8 Å².